The molecule has 0 saturated heterocycles. The van der Waals surface area contributed by atoms with E-state index < -0.39 is 0 Å². The first-order chi connectivity index (χ1) is 14.5. The minimum absolute atomic E-state index is 0.0108. The minimum Gasteiger partial charge on any atom is -0.490 e. The molecule has 2 aromatic rings. The van der Waals surface area contributed by atoms with Crippen molar-refractivity contribution in [3.63, 3.8) is 0 Å². The van der Waals surface area contributed by atoms with Crippen molar-refractivity contribution in [2.45, 2.75) is 40.0 Å². The Hall–Kier alpha value is -2.80. The van der Waals surface area contributed by atoms with Gasteiger partial charge in [-0.15, -0.1) is 0 Å². The number of guanidine groups is 1. The van der Waals surface area contributed by atoms with E-state index in [2.05, 4.69) is 15.6 Å². The van der Waals surface area contributed by atoms with Crippen LogP contribution in [0.2, 0.25) is 0 Å². The monoisotopic (exact) mass is 417 g/mol. The molecule has 1 atom stereocenters. The summed E-state index contributed by atoms with van der Waals surface area (Å²) < 4.78 is 30.2. The number of aliphatic imine (C=N–C) groups is 1. The van der Waals surface area contributed by atoms with Crippen molar-refractivity contribution in [2.75, 3.05) is 27.4 Å². The summed E-state index contributed by atoms with van der Waals surface area (Å²) in [4.78, 5) is 4.29. The summed E-state index contributed by atoms with van der Waals surface area (Å²) in [5, 5.41) is 6.64. The van der Waals surface area contributed by atoms with E-state index in [-0.39, 0.29) is 18.5 Å². The standard InChI is InChI=1S/C23H32FN3O3/c1-6-29-21-11-9-18(13-22(21)30-7-2)16(3)27-23(25-4)26-14-17-8-10-20(24)19(12-17)15-28-5/h8-13,16H,6-7,14-15H2,1-5H3,(H2,25,26,27). The molecule has 30 heavy (non-hydrogen) atoms. The average Bonchev–Trinajstić information content (AvgIpc) is 2.74. The molecule has 0 radical (unpaired) electrons. The number of hydrogen-bond donors (Lipinski definition) is 2. The molecule has 2 aromatic carbocycles. The molecular weight excluding hydrogens is 385 g/mol. The van der Waals surface area contributed by atoms with Crippen LogP contribution >= 0.6 is 0 Å². The van der Waals surface area contributed by atoms with Crippen LogP contribution in [0.1, 0.15) is 43.5 Å². The van der Waals surface area contributed by atoms with Crippen LogP contribution in [0.5, 0.6) is 11.5 Å². The van der Waals surface area contributed by atoms with Gasteiger partial charge in [0.2, 0.25) is 0 Å². The Morgan fingerprint density at radius 2 is 1.80 bits per heavy atom. The Kier molecular flexibility index (Phi) is 9.41. The predicted molar refractivity (Wildman–Crippen MR) is 118 cm³/mol. The molecule has 164 valence electrons. The number of rotatable bonds is 10. The molecular formula is C23H32FN3O3. The van der Waals surface area contributed by atoms with Gasteiger partial charge < -0.3 is 24.8 Å². The van der Waals surface area contributed by atoms with Crippen molar-refractivity contribution in [1.29, 1.82) is 0 Å². The highest BCUT2D eigenvalue weighted by molar-refractivity contribution is 5.80. The fourth-order valence-corrected chi connectivity index (χ4v) is 3.01. The van der Waals surface area contributed by atoms with Crippen molar-refractivity contribution in [1.82, 2.24) is 10.6 Å². The summed E-state index contributed by atoms with van der Waals surface area (Å²) in [6, 6.07) is 10.9. The van der Waals surface area contributed by atoms with Gasteiger partial charge >= 0.3 is 0 Å². The fraction of sp³-hybridized carbons (Fsp3) is 0.435. The van der Waals surface area contributed by atoms with Gasteiger partial charge in [-0.2, -0.15) is 0 Å². The number of benzene rings is 2. The molecule has 0 amide bonds. The van der Waals surface area contributed by atoms with Gasteiger partial charge in [-0.3, -0.25) is 4.99 Å². The Bertz CT molecular complexity index is 842. The zero-order chi connectivity index (χ0) is 21.9. The Morgan fingerprint density at radius 1 is 1.07 bits per heavy atom. The largest absolute Gasteiger partial charge is 0.490 e. The van der Waals surface area contributed by atoms with Crippen LogP contribution in [0.25, 0.3) is 0 Å². The maximum Gasteiger partial charge on any atom is 0.191 e. The van der Waals surface area contributed by atoms with Crippen molar-refractivity contribution < 1.29 is 18.6 Å². The van der Waals surface area contributed by atoms with E-state index >= 15 is 0 Å². The number of halogens is 1. The summed E-state index contributed by atoms with van der Waals surface area (Å²) in [7, 11) is 3.27. The van der Waals surface area contributed by atoms with Gasteiger partial charge in [-0.05, 0) is 56.2 Å². The highest BCUT2D eigenvalue weighted by Crippen LogP contribution is 2.30. The third-order valence-corrected chi connectivity index (χ3v) is 4.51. The van der Waals surface area contributed by atoms with Crippen molar-refractivity contribution in [2.24, 2.45) is 4.99 Å². The topological polar surface area (TPSA) is 64.1 Å². The van der Waals surface area contributed by atoms with E-state index in [4.69, 9.17) is 14.2 Å². The van der Waals surface area contributed by atoms with E-state index in [1.165, 1.54) is 6.07 Å². The number of methoxy groups -OCH3 is 1. The van der Waals surface area contributed by atoms with Crippen LogP contribution in [0.3, 0.4) is 0 Å². The first-order valence-corrected chi connectivity index (χ1v) is 10.1. The first-order valence-electron chi connectivity index (χ1n) is 10.1. The lowest BCUT2D eigenvalue weighted by Gasteiger charge is -2.20. The zero-order valence-electron chi connectivity index (χ0n) is 18.4. The highest BCUT2D eigenvalue weighted by atomic mass is 19.1. The lowest BCUT2D eigenvalue weighted by molar-refractivity contribution is 0.181. The van der Waals surface area contributed by atoms with Gasteiger partial charge in [-0.25, -0.2) is 4.39 Å². The Labute approximate surface area is 178 Å². The number of nitrogens with zero attached hydrogens (tertiary/aromatic N) is 1. The molecule has 0 bridgehead atoms. The molecule has 0 fully saturated rings. The molecule has 0 spiro atoms. The second-order valence-corrected chi connectivity index (χ2v) is 6.72. The highest BCUT2D eigenvalue weighted by Gasteiger charge is 2.13. The fourth-order valence-electron chi connectivity index (χ4n) is 3.01. The predicted octanol–water partition coefficient (Wildman–Crippen LogP) is 4.20. The van der Waals surface area contributed by atoms with Crippen molar-refractivity contribution >= 4 is 5.96 Å². The van der Waals surface area contributed by atoms with Crippen LogP contribution in [-0.2, 0) is 17.9 Å². The number of hydrogen-bond acceptors (Lipinski definition) is 4. The van der Waals surface area contributed by atoms with Gasteiger partial charge in [-0.1, -0.05) is 12.1 Å². The molecule has 0 aliphatic carbocycles. The van der Waals surface area contributed by atoms with Crippen LogP contribution in [-0.4, -0.2) is 33.3 Å². The van der Waals surface area contributed by atoms with Crippen LogP contribution < -0.4 is 20.1 Å². The van der Waals surface area contributed by atoms with E-state index in [0.717, 1.165) is 22.6 Å². The summed E-state index contributed by atoms with van der Waals surface area (Å²) >= 11 is 0. The minimum atomic E-state index is -0.266. The van der Waals surface area contributed by atoms with Gasteiger partial charge in [0.25, 0.3) is 0 Å². The maximum absolute atomic E-state index is 13.8. The normalized spacial score (nSPS) is 12.4. The van der Waals surface area contributed by atoms with Crippen molar-refractivity contribution in [3.8, 4) is 11.5 Å². The lowest BCUT2D eigenvalue weighted by Crippen LogP contribution is -2.38. The second-order valence-electron chi connectivity index (χ2n) is 6.72. The van der Waals surface area contributed by atoms with E-state index in [1.54, 1.807) is 26.3 Å². The summed E-state index contributed by atoms with van der Waals surface area (Å²) in [6.45, 7) is 7.84. The van der Waals surface area contributed by atoms with Crippen molar-refractivity contribution in [3.05, 3.63) is 58.9 Å². The molecule has 2 rings (SSSR count). The Balaban J connectivity index is 2.03. The summed E-state index contributed by atoms with van der Waals surface area (Å²) in [5.74, 6) is 1.84. The number of nitrogens with one attached hydrogen (secondary N) is 2. The molecule has 0 aliphatic heterocycles. The smallest absolute Gasteiger partial charge is 0.191 e. The molecule has 0 aliphatic rings. The second kappa shape index (κ2) is 12.0. The maximum atomic E-state index is 13.8. The van der Waals surface area contributed by atoms with Crippen LogP contribution in [0, 0.1) is 5.82 Å². The zero-order valence-corrected chi connectivity index (χ0v) is 18.4. The van der Waals surface area contributed by atoms with E-state index in [1.807, 2.05) is 39.0 Å². The molecule has 7 heteroatoms. The quantitative estimate of drug-likeness (QED) is 0.448. The molecule has 0 saturated carbocycles. The van der Waals surface area contributed by atoms with Gasteiger partial charge in [0.1, 0.15) is 5.82 Å². The van der Waals surface area contributed by atoms with E-state index in [0.29, 0.717) is 31.3 Å². The molecule has 6 nitrogen and oxygen atoms in total. The lowest BCUT2D eigenvalue weighted by atomic mass is 10.1. The third-order valence-electron chi connectivity index (χ3n) is 4.51. The van der Waals surface area contributed by atoms with Gasteiger partial charge in [0.15, 0.2) is 17.5 Å². The Morgan fingerprint density at radius 3 is 2.47 bits per heavy atom. The molecule has 0 heterocycles. The number of ether oxygens (including phenoxy) is 3. The molecule has 0 aromatic heterocycles. The third kappa shape index (κ3) is 6.62. The van der Waals surface area contributed by atoms with E-state index in [9.17, 15) is 4.39 Å². The van der Waals surface area contributed by atoms with Crippen LogP contribution in [0.15, 0.2) is 41.4 Å². The summed E-state index contributed by atoms with van der Waals surface area (Å²) in [5.41, 5.74) is 2.53. The average molecular weight is 418 g/mol. The SMILES string of the molecule is CCOc1ccc(C(C)NC(=NC)NCc2ccc(F)c(COC)c2)cc1OCC. The summed E-state index contributed by atoms with van der Waals surface area (Å²) in [6.07, 6.45) is 0. The van der Waals surface area contributed by atoms with Gasteiger partial charge in [0, 0.05) is 26.3 Å². The van der Waals surface area contributed by atoms with Gasteiger partial charge in [0.05, 0.1) is 25.9 Å². The molecule has 1 unspecified atom stereocenters. The van der Waals surface area contributed by atoms with Crippen LogP contribution in [0.4, 0.5) is 4.39 Å². The first kappa shape index (κ1) is 23.5. The molecule has 2 N–H and O–H groups in total.